The zero-order valence-corrected chi connectivity index (χ0v) is 25.4. The molecule has 0 radical (unpaired) electrons. The zero-order chi connectivity index (χ0) is 31.5. The Kier molecular flexibility index (Phi) is 9.72. The third-order valence-electron chi connectivity index (χ3n) is 7.35. The first kappa shape index (κ1) is 31.9. The molecule has 1 aromatic heterocycles. The summed E-state index contributed by atoms with van der Waals surface area (Å²) >= 11 is 0. The Bertz CT molecular complexity index is 1560. The predicted octanol–water partition coefficient (Wildman–Crippen LogP) is 3.54. The van der Waals surface area contributed by atoms with Crippen molar-refractivity contribution >= 4 is 33.3 Å². The average molecular weight is 618 g/mol. The number of nitrogens with one attached hydrogen (secondary N) is 2. The molecule has 3 aromatic rings. The summed E-state index contributed by atoms with van der Waals surface area (Å²) in [5.74, 6) is -0.501. The van der Waals surface area contributed by atoms with Gasteiger partial charge in [0.1, 0.15) is 28.3 Å². The van der Waals surface area contributed by atoms with Crippen LogP contribution in [0.5, 0.6) is 5.75 Å². The van der Waals surface area contributed by atoms with E-state index in [1.807, 2.05) is 6.92 Å². The maximum absolute atomic E-state index is 13.5. The number of aliphatic hydroxyl groups is 1. The normalized spacial score (nSPS) is 18.2. The monoisotopic (exact) mass is 617 g/mol. The molecule has 2 aromatic carbocycles. The van der Waals surface area contributed by atoms with Crippen LogP contribution >= 0.6 is 0 Å². The fourth-order valence-corrected chi connectivity index (χ4v) is 6.37. The molecule has 1 aliphatic rings. The summed E-state index contributed by atoms with van der Waals surface area (Å²) in [5, 5.41) is 19.0. The van der Waals surface area contributed by atoms with Gasteiger partial charge in [0.05, 0.1) is 25.6 Å². The number of fused-ring (bicyclic) bond motifs is 1. The molecule has 4 rings (SSSR count). The molecule has 1 aliphatic heterocycles. The number of hydrogen-bond donors (Lipinski definition) is 3. The summed E-state index contributed by atoms with van der Waals surface area (Å²) in [6.07, 6.45) is -0.777. The zero-order valence-electron chi connectivity index (χ0n) is 24.6. The lowest BCUT2D eigenvalue weighted by atomic mass is 10.0. The molecule has 3 N–H and O–H groups in total. The quantitative estimate of drug-likeness (QED) is 0.347. The van der Waals surface area contributed by atoms with Crippen LogP contribution in [0.1, 0.15) is 30.9 Å². The minimum absolute atomic E-state index is 0.00791. The summed E-state index contributed by atoms with van der Waals surface area (Å²) in [4.78, 5) is 27.6. The summed E-state index contributed by atoms with van der Waals surface area (Å²) in [6, 6.07) is 9.05. The van der Waals surface area contributed by atoms with E-state index in [1.54, 1.807) is 36.9 Å². The van der Waals surface area contributed by atoms with E-state index in [0.717, 1.165) is 0 Å². The van der Waals surface area contributed by atoms with Crippen molar-refractivity contribution in [1.29, 1.82) is 0 Å². The number of hydrogen-bond acceptors (Lipinski definition) is 8. The van der Waals surface area contributed by atoms with E-state index in [-0.39, 0.29) is 54.3 Å². The second-order valence-electron chi connectivity index (χ2n) is 10.7. The van der Waals surface area contributed by atoms with Crippen molar-refractivity contribution in [3.05, 3.63) is 65.3 Å². The van der Waals surface area contributed by atoms with Gasteiger partial charge in [-0.15, -0.1) is 0 Å². The fourth-order valence-electron chi connectivity index (χ4n) is 4.90. The number of nitrogens with zero attached hydrogens (tertiary/aromatic N) is 3. The third-order valence-corrected chi connectivity index (χ3v) is 9.42. The van der Waals surface area contributed by atoms with Gasteiger partial charge >= 0.3 is 6.03 Å². The molecule has 0 spiro atoms. The van der Waals surface area contributed by atoms with Crippen LogP contribution in [0.2, 0.25) is 0 Å². The van der Waals surface area contributed by atoms with Crippen LogP contribution in [-0.4, -0.2) is 78.7 Å². The topological polar surface area (TPSA) is 154 Å². The number of anilines is 2. The number of benzene rings is 2. The Balaban J connectivity index is 1.62. The van der Waals surface area contributed by atoms with Crippen molar-refractivity contribution in [1.82, 2.24) is 14.4 Å². The number of likely N-dealkylation sites (N-methyl/N-ethyl adjacent to an activating group) is 1. The predicted molar refractivity (Wildman–Crippen MR) is 157 cm³/mol. The molecule has 0 aliphatic carbocycles. The van der Waals surface area contributed by atoms with Crippen molar-refractivity contribution < 1.29 is 36.8 Å². The largest absolute Gasteiger partial charge is 0.488 e. The first-order chi connectivity index (χ1) is 20.3. The lowest BCUT2D eigenvalue weighted by Crippen LogP contribution is -2.48. The van der Waals surface area contributed by atoms with Crippen LogP contribution < -0.4 is 15.4 Å². The van der Waals surface area contributed by atoms with E-state index in [9.17, 15) is 27.5 Å². The van der Waals surface area contributed by atoms with Crippen LogP contribution in [0.25, 0.3) is 0 Å². The SMILES string of the molecule is Cc1noc(C)c1S(=O)(=O)N(C)C[C@@H]1Oc2ccc(NC(=O)Nc3ccc(F)cc3)cc2CC(=O)N([C@@H](C)CO)C[C@H]1C. The molecular formula is C29H36FN5O7S. The third kappa shape index (κ3) is 7.32. The lowest BCUT2D eigenvalue weighted by molar-refractivity contribution is -0.134. The number of rotatable bonds is 8. The molecule has 14 heteroatoms. The first-order valence-electron chi connectivity index (χ1n) is 13.7. The summed E-state index contributed by atoms with van der Waals surface area (Å²) in [7, 11) is -2.54. The van der Waals surface area contributed by atoms with Crippen LogP contribution in [0.15, 0.2) is 51.9 Å². The van der Waals surface area contributed by atoms with Gasteiger partial charge in [-0.25, -0.2) is 17.6 Å². The molecule has 232 valence electrons. The number of aryl methyl sites for hydroxylation is 2. The molecule has 12 nitrogen and oxygen atoms in total. The van der Waals surface area contributed by atoms with E-state index in [1.165, 1.54) is 42.5 Å². The minimum Gasteiger partial charge on any atom is -0.488 e. The van der Waals surface area contributed by atoms with Gasteiger partial charge in [0.2, 0.25) is 15.9 Å². The molecule has 3 atom stereocenters. The van der Waals surface area contributed by atoms with E-state index in [4.69, 9.17) is 9.26 Å². The van der Waals surface area contributed by atoms with E-state index in [2.05, 4.69) is 15.8 Å². The van der Waals surface area contributed by atoms with Gasteiger partial charge < -0.3 is 29.9 Å². The maximum Gasteiger partial charge on any atom is 0.323 e. The van der Waals surface area contributed by atoms with Crippen molar-refractivity contribution in [3.8, 4) is 5.75 Å². The fraction of sp³-hybridized carbons (Fsp3) is 0.414. The molecule has 43 heavy (non-hydrogen) atoms. The number of ether oxygens (including phenoxy) is 1. The highest BCUT2D eigenvalue weighted by Crippen LogP contribution is 2.30. The Morgan fingerprint density at radius 1 is 1.19 bits per heavy atom. The molecule has 0 saturated carbocycles. The Morgan fingerprint density at radius 3 is 2.47 bits per heavy atom. The van der Waals surface area contributed by atoms with E-state index >= 15 is 0 Å². The van der Waals surface area contributed by atoms with Crippen LogP contribution in [0.3, 0.4) is 0 Å². The molecule has 3 amide bonds. The van der Waals surface area contributed by atoms with Crippen molar-refractivity contribution in [2.75, 3.05) is 37.4 Å². The second kappa shape index (κ2) is 13.1. The number of sulfonamides is 1. The van der Waals surface area contributed by atoms with Gasteiger partial charge in [0.25, 0.3) is 0 Å². The van der Waals surface area contributed by atoms with Crippen LogP contribution in [0.4, 0.5) is 20.6 Å². The number of halogens is 1. The van der Waals surface area contributed by atoms with Crippen molar-refractivity contribution in [3.63, 3.8) is 0 Å². The van der Waals surface area contributed by atoms with Crippen LogP contribution in [-0.2, 0) is 21.2 Å². The molecule has 0 unspecified atom stereocenters. The van der Waals surface area contributed by atoms with E-state index < -0.39 is 34.0 Å². The van der Waals surface area contributed by atoms with Gasteiger partial charge in [0.15, 0.2) is 5.76 Å². The van der Waals surface area contributed by atoms with Gasteiger partial charge in [-0.1, -0.05) is 12.1 Å². The molecule has 0 saturated heterocycles. The number of urea groups is 1. The number of carbonyl (C=O) groups is 2. The molecule has 2 heterocycles. The smallest absolute Gasteiger partial charge is 0.323 e. The van der Waals surface area contributed by atoms with Crippen molar-refractivity contribution in [2.45, 2.75) is 51.2 Å². The average Bonchev–Trinajstić information content (AvgIpc) is 3.32. The van der Waals surface area contributed by atoms with Gasteiger partial charge in [0, 0.05) is 36.4 Å². The standard InChI is InChI=1S/C29H36FN5O7S/c1-17-14-35(18(2)16-36)27(37)13-21-12-24(32-29(38)31-23-8-6-22(30)7-9-23)10-11-25(21)41-26(17)15-34(5)43(39,40)28-19(3)33-42-20(28)4/h6-12,17-18,26,36H,13-16H2,1-5H3,(H2,31,32,38)/t17-,18+,26+/m1/s1. The van der Waals surface area contributed by atoms with Gasteiger partial charge in [-0.05, 0) is 63.2 Å². The first-order valence-corrected chi connectivity index (χ1v) is 15.2. The highest BCUT2D eigenvalue weighted by atomic mass is 32.2. The van der Waals surface area contributed by atoms with E-state index in [0.29, 0.717) is 22.7 Å². The highest BCUT2D eigenvalue weighted by molar-refractivity contribution is 7.89. The summed E-state index contributed by atoms with van der Waals surface area (Å²) < 4.78 is 52.8. The van der Waals surface area contributed by atoms with Gasteiger partial charge in [-0.2, -0.15) is 4.31 Å². The summed E-state index contributed by atoms with van der Waals surface area (Å²) in [6.45, 7) is 6.56. The summed E-state index contributed by atoms with van der Waals surface area (Å²) in [5.41, 5.74) is 1.48. The molecule has 0 fully saturated rings. The number of aliphatic hydroxyl groups excluding tert-OH is 1. The molecule has 0 bridgehead atoms. The second-order valence-corrected chi connectivity index (χ2v) is 12.7. The van der Waals surface area contributed by atoms with Crippen molar-refractivity contribution in [2.24, 2.45) is 5.92 Å². The maximum atomic E-state index is 13.5. The van der Waals surface area contributed by atoms with Crippen LogP contribution in [0, 0.1) is 25.6 Å². The van der Waals surface area contributed by atoms with Gasteiger partial charge in [-0.3, -0.25) is 4.79 Å². The molecular weight excluding hydrogens is 581 g/mol. The Hall–Kier alpha value is -4.01. The number of carbonyl (C=O) groups excluding carboxylic acids is 2. The highest BCUT2D eigenvalue weighted by Gasteiger charge is 2.35. The lowest BCUT2D eigenvalue weighted by Gasteiger charge is -2.33. The number of aromatic nitrogens is 1. The Morgan fingerprint density at radius 2 is 1.84 bits per heavy atom. The minimum atomic E-state index is -3.98. The number of amides is 3. The Labute approximate surface area is 249 Å².